The summed E-state index contributed by atoms with van der Waals surface area (Å²) in [6.45, 7) is 2.60. The second-order valence-corrected chi connectivity index (χ2v) is 4.84. The Hall–Kier alpha value is -2.63. The third kappa shape index (κ3) is 3.47. The Morgan fingerprint density at radius 3 is 2.81 bits per heavy atom. The topological polar surface area (TPSA) is 111 Å². The van der Waals surface area contributed by atoms with Crippen LogP contribution in [0.15, 0.2) is 28.8 Å². The Kier molecular flexibility index (Phi) is 4.37. The molecule has 1 heterocycles. The molecule has 0 radical (unpaired) electrons. The summed E-state index contributed by atoms with van der Waals surface area (Å²) in [6.07, 6.45) is 2.88. The Morgan fingerprint density at radius 1 is 1.38 bits per heavy atom. The zero-order valence-electron chi connectivity index (χ0n) is 11.8. The first kappa shape index (κ1) is 14.8. The molecule has 0 aliphatic carbocycles. The van der Waals surface area contributed by atoms with Crippen LogP contribution in [0.4, 0.5) is 5.69 Å². The Morgan fingerprint density at radius 2 is 2.14 bits per heavy atom. The van der Waals surface area contributed by atoms with Crippen LogP contribution in [-0.2, 0) is 4.79 Å². The number of nitrogens with one attached hydrogen (secondary N) is 1. The lowest BCUT2D eigenvalue weighted by molar-refractivity contribution is -0.117. The smallest absolute Gasteiger partial charge is 0.248 e. The summed E-state index contributed by atoms with van der Waals surface area (Å²) in [4.78, 5) is 27.5. The van der Waals surface area contributed by atoms with Crippen molar-refractivity contribution in [3.05, 3.63) is 34.9 Å². The monoisotopic (exact) mass is 286 g/mol. The van der Waals surface area contributed by atoms with E-state index in [1.165, 1.54) is 0 Å². The van der Waals surface area contributed by atoms with Crippen LogP contribution >= 0.6 is 0 Å². The minimum atomic E-state index is -0.527. The fraction of sp³-hybridized carbons (Fsp3) is 0.267. The molecule has 0 unspecified atom stereocenters. The summed E-state index contributed by atoms with van der Waals surface area (Å²) in [6, 6.07) is 4.90. The van der Waals surface area contributed by atoms with Crippen LogP contribution in [-0.4, -0.2) is 24.2 Å². The van der Waals surface area contributed by atoms with Crippen molar-refractivity contribution in [3.63, 3.8) is 0 Å². The molecule has 6 heteroatoms. The number of amidine groups is 1. The molecule has 0 bridgehead atoms. The minimum Gasteiger partial charge on any atom is -0.387 e. The van der Waals surface area contributed by atoms with Crippen molar-refractivity contribution in [2.75, 3.05) is 6.54 Å². The van der Waals surface area contributed by atoms with Gasteiger partial charge in [0.25, 0.3) is 0 Å². The third-order valence-electron chi connectivity index (χ3n) is 3.11. The van der Waals surface area contributed by atoms with E-state index in [-0.39, 0.29) is 12.3 Å². The molecule has 0 aromatic heterocycles. The molecule has 1 aromatic carbocycles. The highest BCUT2D eigenvalue weighted by Gasteiger charge is 2.16. The van der Waals surface area contributed by atoms with E-state index >= 15 is 0 Å². The van der Waals surface area contributed by atoms with Crippen LogP contribution in [0, 0.1) is 0 Å². The number of nitrogens with two attached hydrogens (primary N) is 2. The van der Waals surface area contributed by atoms with Gasteiger partial charge in [-0.2, -0.15) is 0 Å². The number of hydrogen-bond acceptors (Lipinski definition) is 4. The van der Waals surface area contributed by atoms with E-state index in [1.54, 1.807) is 24.3 Å². The predicted octanol–water partition coefficient (Wildman–Crippen LogP) is 1.09. The van der Waals surface area contributed by atoms with Crippen LogP contribution in [0.25, 0.3) is 6.08 Å². The summed E-state index contributed by atoms with van der Waals surface area (Å²) in [5.74, 6) is -0.351. The van der Waals surface area contributed by atoms with Crippen LogP contribution in [0.2, 0.25) is 0 Å². The van der Waals surface area contributed by atoms with Gasteiger partial charge in [0, 0.05) is 29.7 Å². The van der Waals surface area contributed by atoms with Crippen LogP contribution in [0.3, 0.4) is 0 Å². The molecule has 1 aliphatic rings. The molecular formula is C15H18N4O2. The van der Waals surface area contributed by atoms with E-state index in [4.69, 9.17) is 11.5 Å². The number of carbonyl (C=O) groups excluding carboxylic acids is 2. The number of benzene rings is 1. The normalized spacial score (nSPS) is 13.6. The second kappa shape index (κ2) is 6.21. The SMILES string of the molecule is CCCNC(=O)C1=Cc2ccc(C(N)=O)cc2N=C(N)C1. The van der Waals surface area contributed by atoms with Gasteiger partial charge in [0.15, 0.2) is 0 Å². The zero-order chi connectivity index (χ0) is 15.4. The van der Waals surface area contributed by atoms with E-state index in [0.29, 0.717) is 29.2 Å². The van der Waals surface area contributed by atoms with Gasteiger partial charge in [0.1, 0.15) is 5.84 Å². The molecule has 0 atom stereocenters. The average molecular weight is 286 g/mol. The van der Waals surface area contributed by atoms with Crippen molar-refractivity contribution in [2.45, 2.75) is 19.8 Å². The molecule has 1 aliphatic heterocycles. The Labute approximate surface area is 122 Å². The first-order valence-electron chi connectivity index (χ1n) is 6.77. The van der Waals surface area contributed by atoms with Crippen molar-refractivity contribution in [2.24, 2.45) is 16.5 Å². The van der Waals surface area contributed by atoms with Crippen LogP contribution in [0.5, 0.6) is 0 Å². The number of nitrogens with zero attached hydrogens (tertiary/aromatic N) is 1. The van der Waals surface area contributed by atoms with Crippen molar-refractivity contribution < 1.29 is 9.59 Å². The number of primary amides is 1. The number of carbonyl (C=O) groups is 2. The summed E-state index contributed by atoms with van der Waals surface area (Å²) in [5.41, 5.74) is 13.3. The lowest BCUT2D eigenvalue weighted by Crippen LogP contribution is -2.27. The van der Waals surface area contributed by atoms with E-state index < -0.39 is 5.91 Å². The third-order valence-corrected chi connectivity index (χ3v) is 3.11. The number of aliphatic imine (C=N–C) groups is 1. The molecule has 110 valence electrons. The van der Waals surface area contributed by atoms with Gasteiger partial charge in [0.05, 0.1) is 5.69 Å². The minimum absolute atomic E-state index is 0.151. The van der Waals surface area contributed by atoms with Gasteiger partial charge in [0.2, 0.25) is 11.8 Å². The molecule has 0 saturated carbocycles. The Balaban J connectivity index is 2.39. The van der Waals surface area contributed by atoms with Crippen LogP contribution in [0.1, 0.15) is 35.7 Å². The first-order chi connectivity index (χ1) is 10.0. The van der Waals surface area contributed by atoms with Crippen molar-refractivity contribution >= 4 is 29.4 Å². The van der Waals surface area contributed by atoms with E-state index in [9.17, 15) is 9.59 Å². The van der Waals surface area contributed by atoms with Gasteiger partial charge in [-0.1, -0.05) is 13.0 Å². The molecule has 0 fully saturated rings. The largest absolute Gasteiger partial charge is 0.387 e. The summed E-state index contributed by atoms with van der Waals surface area (Å²) < 4.78 is 0. The van der Waals surface area contributed by atoms with Gasteiger partial charge in [-0.3, -0.25) is 9.59 Å². The number of rotatable bonds is 4. The number of hydrogen-bond donors (Lipinski definition) is 3. The maximum absolute atomic E-state index is 12.1. The molecule has 6 nitrogen and oxygen atoms in total. The summed E-state index contributed by atoms with van der Waals surface area (Å²) >= 11 is 0. The molecule has 21 heavy (non-hydrogen) atoms. The number of fused-ring (bicyclic) bond motifs is 1. The maximum atomic E-state index is 12.1. The molecule has 5 N–H and O–H groups in total. The van der Waals surface area contributed by atoms with E-state index in [0.717, 1.165) is 12.0 Å². The van der Waals surface area contributed by atoms with Crippen molar-refractivity contribution in [1.29, 1.82) is 0 Å². The lowest BCUT2D eigenvalue weighted by Gasteiger charge is -2.06. The molecule has 2 rings (SSSR count). The maximum Gasteiger partial charge on any atom is 0.248 e. The predicted molar refractivity (Wildman–Crippen MR) is 82.1 cm³/mol. The molecule has 1 aromatic rings. The highest BCUT2D eigenvalue weighted by atomic mass is 16.2. The molecular weight excluding hydrogens is 268 g/mol. The van der Waals surface area contributed by atoms with E-state index in [2.05, 4.69) is 10.3 Å². The van der Waals surface area contributed by atoms with Gasteiger partial charge in [-0.15, -0.1) is 0 Å². The average Bonchev–Trinajstić information content (AvgIpc) is 2.61. The van der Waals surface area contributed by atoms with Crippen LogP contribution < -0.4 is 16.8 Å². The summed E-state index contributed by atoms with van der Waals surface area (Å²) in [7, 11) is 0. The van der Waals surface area contributed by atoms with Crippen molar-refractivity contribution in [3.8, 4) is 0 Å². The molecule has 0 saturated heterocycles. The number of amides is 2. The summed E-state index contributed by atoms with van der Waals surface area (Å²) in [5, 5.41) is 2.82. The van der Waals surface area contributed by atoms with Gasteiger partial charge < -0.3 is 16.8 Å². The van der Waals surface area contributed by atoms with Gasteiger partial charge in [-0.25, -0.2) is 4.99 Å². The highest BCUT2D eigenvalue weighted by Crippen LogP contribution is 2.27. The quantitative estimate of drug-likeness (QED) is 0.770. The lowest BCUT2D eigenvalue weighted by atomic mass is 10.0. The molecule has 2 amide bonds. The van der Waals surface area contributed by atoms with E-state index in [1.807, 2.05) is 6.92 Å². The fourth-order valence-electron chi connectivity index (χ4n) is 2.04. The van der Waals surface area contributed by atoms with Gasteiger partial charge >= 0.3 is 0 Å². The van der Waals surface area contributed by atoms with Crippen molar-refractivity contribution in [1.82, 2.24) is 5.32 Å². The first-order valence-corrected chi connectivity index (χ1v) is 6.77. The molecule has 0 spiro atoms. The standard InChI is InChI=1S/C15H18N4O2/c1-2-5-18-15(21)11-6-9-3-4-10(14(17)20)7-12(9)19-13(16)8-11/h3-4,6-7H,2,5,8H2,1H3,(H2,16,19)(H2,17,20)(H,18,21). The highest BCUT2D eigenvalue weighted by molar-refractivity contribution is 6.06. The van der Waals surface area contributed by atoms with Gasteiger partial charge in [-0.05, 0) is 24.6 Å². The Bertz CT molecular complexity index is 647. The zero-order valence-corrected chi connectivity index (χ0v) is 11.8. The second-order valence-electron chi connectivity index (χ2n) is 4.84. The fourth-order valence-corrected chi connectivity index (χ4v) is 2.04.